The number of nitrogens with one attached hydrogen (secondary N) is 1. The van der Waals surface area contributed by atoms with Crippen LogP contribution in [0.25, 0.3) is 6.08 Å². The Hall–Kier alpha value is -4.19. The summed E-state index contributed by atoms with van der Waals surface area (Å²) in [6, 6.07) is 11.2. The Morgan fingerprint density at radius 2 is 2.00 bits per heavy atom. The highest BCUT2D eigenvalue weighted by atomic mass is 16.6. The average molecular weight is 367 g/mol. The van der Waals surface area contributed by atoms with Crippen LogP contribution in [0, 0.1) is 21.4 Å². The molecule has 0 radical (unpaired) electrons. The summed E-state index contributed by atoms with van der Waals surface area (Å²) >= 11 is 0. The number of benzene rings is 2. The molecular weight excluding hydrogens is 354 g/mol. The zero-order valence-corrected chi connectivity index (χ0v) is 14.0. The van der Waals surface area contributed by atoms with Crippen molar-refractivity contribution in [1.82, 2.24) is 0 Å². The molecule has 0 aliphatic heterocycles. The number of ether oxygens (including phenoxy) is 1. The number of carbonyl (C=O) groups is 2. The predicted octanol–water partition coefficient (Wildman–Crippen LogP) is 2.85. The lowest BCUT2D eigenvalue weighted by Gasteiger charge is -2.09. The second kappa shape index (κ2) is 8.26. The molecule has 0 fully saturated rings. The van der Waals surface area contributed by atoms with Crippen molar-refractivity contribution in [2.75, 3.05) is 12.4 Å². The summed E-state index contributed by atoms with van der Waals surface area (Å²) in [5.41, 5.74) is -0.555. The molecule has 0 saturated heterocycles. The molecule has 0 saturated carbocycles. The van der Waals surface area contributed by atoms with E-state index in [1.807, 2.05) is 0 Å². The van der Waals surface area contributed by atoms with Gasteiger partial charge in [0.25, 0.3) is 11.6 Å². The van der Waals surface area contributed by atoms with Gasteiger partial charge in [-0.3, -0.25) is 14.9 Å². The molecule has 0 spiro atoms. The van der Waals surface area contributed by atoms with E-state index in [2.05, 4.69) is 5.32 Å². The molecule has 1 amide bonds. The minimum atomic E-state index is -1.21. The van der Waals surface area contributed by atoms with Gasteiger partial charge in [0.1, 0.15) is 17.4 Å². The SMILES string of the molecule is COc1ccc([N+](=O)[O-])cc1NC(=O)/C(C#N)=C/c1ccccc1C(=O)O. The number of nitrogens with zero attached hydrogens (tertiary/aromatic N) is 2. The number of aromatic carboxylic acids is 1. The van der Waals surface area contributed by atoms with E-state index in [9.17, 15) is 30.1 Å². The van der Waals surface area contributed by atoms with E-state index in [4.69, 9.17) is 4.74 Å². The Morgan fingerprint density at radius 3 is 2.59 bits per heavy atom. The van der Waals surface area contributed by atoms with Crippen molar-refractivity contribution in [2.24, 2.45) is 0 Å². The number of nitro groups is 1. The molecular formula is C18H13N3O6. The van der Waals surface area contributed by atoms with Crippen LogP contribution in [0.5, 0.6) is 5.75 Å². The average Bonchev–Trinajstić information content (AvgIpc) is 2.65. The van der Waals surface area contributed by atoms with Crippen molar-refractivity contribution in [3.63, 3.8) is 0 Å². The summed E-state index contributed by atoms with van der Waals surface area (Å²) in [6.07, 6.45) is 1.13. The molecule has 0 aliphatic carbocycles. The van der Waals surface area contributed by atoms with Gasteiger partial charge in [-0.05, 0) is 23.8 Å². The summed E-state index contributed by atoms with van der Waals surface area (Å²) in [7, 11) is 1.32. The molecule has 9 heteroatoms. The fourth-order valence-electron chi connectivity index (χ4n) is 2.22. The van der Waals surface area contributed by atoms with Gasteiger partial charge in [-0.15, -0.1) is 0 Å². The first-order valence-electron chi connectivity index (χ1n) is 7.45. The first-order valence-corrected chi connectivity index (χ1v) is 7.45. The summed E-state index contributed by atoms with van der Waals surface area (Å²) in [5.74, 6) is -1.91. The minimum absolute atomic E-state index is 0.00405. The third-order valence-electron chi connectivity index (χ3n) is 3.50. The predicted molar refractivity (Wildman–Crippen MR) is 95.3 cm³/mol. The maximum absolute atomic E-state index is 12.4. The number of hydrogen-bond donors (Lipinski definition) is 2. The van der Waals surface area contributed by atoms with Crippen molar-refractivity contribution < 1.29 is 24.4 Å². The molecule has 2 aromatic rings. The Balaban J connectivity index is 2.39. The van der Waals surface area contributed by atoms with Gasteiger partial charge in [-0.25, -0.2) is 4.79 Å². The summed E-state index contributed by atoms with van der Waals surface area (Å²) in [4.78, 5) is 33.9. The fourth-order valence-corrected chi connectivity index (χ4v) is 2.22. The molecule has 2 N–H and O–H groups in total. The number of anilines is 1. The molecule has 2 aromatic carbocycles. The Kier molecular flexibility index (Phi) is 5.86. The molecule has 0 aromatic heterocycles. The van der Waals surface area contributed by atoms with E-state index >= 15 is 0 Å². The van der Waals surface area contributed by atoms with Gasteiger partial charge < -0.3 is 15.2 Å². The molecule has 0 unspecified atom stereocenters. The molecule has 9 nitrogen and oxygen atoms in total. The van der Waals surface area contributed by atoms with Crippen molar-refractivity contribution in [3.8, 4) is 11.8 Å². The smallest absolute Gasteiger partial charge is 0.336 e. The lowest BCUT2D eigenvalue weighted by Crippen LogP contribution is -2.14. The van der Waals surface area contributed by atoms with Crippen LogP contribution in [0.15, 0.2) is 48.0 Å². The number of nitro benzene ring substituents is 1. The lowest BCUT2D eigenvalue weighted by atomic mass is 10.0. The van der Waals surface area contributed by atoms with Gasteiger partial charge in [0, 0.05) is 12.1 Å². The number of amides is 1. The maximum atomic E-state index is 12.4. The molecule has 0 aliphatic rings. The van der Waals surface area contributed by atoms with Crippen molar-refractivity contribution in [3.05, 3.63) is 69.3 Å². The largest absolute Gasteiger partial charge is 0.495 e. The standard InChI is InChI=1S/C18H13N3O6/c1-27-16-7-6-13(21(25)26)9-15(16)20-17(22)12(10-19)8-11-4-2-3-5-14(11)18(23)24/h2-9H,1H3,(H,20,22)(H,23,24)/b12-8+. The lowest BCUT2D eigenvalue weighted by molar-refractivity contribution is -0.384. The minimum Gasteiger partial charge on any atom is -0.495 e. The van der Waals surface area contributed by atoms with Crippen LogP contribution in [0.4, 0.5) is 11.4 Å². The highest BCUT2D eigenvalue weighted by Crippen LogP contribution is 2.29. The van der Waals surface area contributed by atoms with Crippen molar-refractivity contribution in [1.29, 1.82) is 5.26 Å². The van der Waals surface area contributed by atoms with E-state index in [1.165, 1.54) is 37.4 Å². The highest BCUT2D eigenvalue weighted by Gasteiger charge is 2.17. The Labute approximate surface area is 153 Å². The third-order valence-corrected chi connectivity index (χ3v) is 3.50. The van der Waals surface area contributed by atoms with Gasteiger partial charge in [0.2, 0.25) is 0 Å². The summed E-state index contributed by atoms with van der Waals surface area (Å²) in [6.45, 7) is 0. The van der Waals surface area contributed by atoms with Crippen LogP contribution in [0.2, 0.25) is 0 Å². The number of carbonyl (C=O) groups excluding carboxylic acids is 1. The summed E-state index contributed by atoms with van der Waals surface area (Å²) in [5, 5.41) is 31.7. The number of methoxy groups -OCH3 is 1. The van der Waals surface area contributed by atoms with E-state index < -0.39 is 16.8 Å². The Morgan fingerprint density at radius 1 is 1.30 bits per heavy atom. The van der Waals surface area contributed by atoms with Crippen LogP contribution in [-0.2, 0) is 4.79 Å². The van der Waals surface area contributed by atoms with Gasteiger partial charge in [0.05, 0.1) is 23.3 Å². The normalized spacial score (nSPS) is 10.6. The highest BCUT2D eigenvalue weighted by molar-refractivity contribution is 6.11. The molecule has 0 atom stereocenters. The zero-order valence-electron chi connectivity index (χ0n) is 14.0. The number of hydrogen-bond acceptors (Lipinski definition) is 6. The quantitative estimate of drug-likeness (QED) is 0.346. The van der Waals surface area contributed by atoms with Gasteiger partial charge in [0.15, 0.2) is 0 Å². The van der Waals surface area contributed by atoms with Crippen LogP contribution in [0.3, 0.4) is 0 Å². The molecule has 0 heterocycles. The monoisotopic (exact) mass is 367 g/mol. The van der Waals surface area contributed by atoms with Gasteiger partial charge >= 0.3 is 5.97 Å². The summed E-state index contributed by atoms with van der Waals surface area (Å²) < 4.78 is 5.05. The van der Waals surface area contributed by atoms with Crippen LogP contribution in [0.1, 0.15) is 15.9 Å². The van der Waals surface area contributed by atoms with E-state index in [-0.39, 0.29) is 33.8 Å². The number of carboxylic acid groups (broad SMARTS) is 1. The van der Waals surface area contributed by atoms with Crippen molar-refractivity contribution >= 4 is 29.3 Å². The number of carboxylic acids is 1. The number of nitriles is 1. The van der Waals surface area contributed by atoms with Crippen molar-refractivity contribution in [2.45, 2.75) is 0 Å². The maximum Gasteiger partial charge on any atom is 0.336 e. The van der Waals surface area contributed by atoms with Gasteiger partial charge in [-0.1, -0.05) is 18.2 Å². The molecule has 0 bridgehead atoms. The van der Waals surface area contributed by atoms with Crippen LogP contribution >= 0.6 is 0 Å². The number of non-ortho nitro benzene ring substituents is 1. The first kappa shape index (κ1) is 19.1. The molecule has 136 valence electrons. The molecule has 27 heavy (non-hydrogen) atoms. The second-order valence-corrected chi connectivity index (χ2v) is 5.16. The van der Waals surface area contributed by atoms with Gasteiger partial charge in [-0.2, -0.15) is 5.26 Å². The Bertz CT molecular complexity index is 991. The molecule has 2 rings (SSSR count). The third kappa shape index (κ3) is 4.46. The van der Waals surface area contributed by atoms with E-state index in [0.29, 0.717) is 0 Å². The van der Waals surface area contributed by atoms with E-state index in [1.54, 1.807) is 12.1 Å². The first-order chi connectivity index (χ1) is 12.9. The zero-order chi connectivity index (χ0) is 20.0. The van der Waals surface area contributed by atoms with Crippen LogP contribution < -0.4 is 10.1 Å². The fraction of sp³-hybridized carbons (Fsp3) is 0.0556. The second-order valence-electron chi connectivity index (χ2n) is 5.16. The van der Waals surface area contributed by atoms with E-state index in [0.717, 1.165) is 12.1 Å². The number of rotatable bonds is 6. The topological polar surface area (TPSA) is 143 Å². The van der Waals surface area contributed by atoms with Crippen LogP contribution in [-0.4, -0.2) is 29.0 Å².